The van der Waals surface area contributed by atoms with Crippen molar-refractivity contribution < 1.29 is 4.84 Å². The van der Waals surface area contributed by atoms with E-state index in [0.29, 0.717) is 11.4 Å². The van der Waals surface area contributed by atoms with Crippen LogP contribution in [0, 0.1) is 11.3 Å². The van der Waals surface area contributed by atoms with E-state index in [-0.39, 0.29) is 0 Å². The molecule has 10 heavy (non-hydrogen) atoms. The van der Waals surface area contributed by atoms with Crippen molar-refractivity contribution in [2.75, 3.05) is 0 Å². The molecule has 0 saturated heterocycles. The van der Waals surface area contributed by atoms with Crippen molar-refractivity contribution in [1.82, 2.24) is 4.98 Å². The summed E-state index contributed by atoms with van der Waals surface area (Å²) in [5.74, 6) is 5.27. The number of hydrogen-bond acceptors (Lipinski definition) is 4. The van der Waals surface area contributed by atoms with Crippen molar-refractivity contribution in [1.29, 1.82) is 5.26 Å². The fraction of sp³-hybridized carbons (Fsp3) is 0. The van der Waals surface area contributed by atoms with E-state index in [2.05, 4.69) is 9.82 Å². The van der Waals surface area contributed by atoms with E-state index >= 15 is 0 Å². The van der Waals surface area contributed by atoms with Gasteiger partial charge in [0.2, 0.25) is 0 Å². The number of pyridine rings is 1. The van der Waals surface area contributed by atoms with E-state index in [1.165, 1.54) is 12.3 Å². The van der Waals surface area contributed by atoms with Crippen molar-refractivity contribution in [2.45, 2.75) is 0 Å². The molecule has 4 nitrogen and oxygen atoms in total. The van der Waals surface area contributed by atoms with Crippen LogP contribution in [0.4, 0.5) is 0 Å². The lowest BCUT2D eigenvalue weighted by Gasteiger charge is -1.94. The Morgan fingerprint density at radius 1 is 1.70 bits per heavy atom. The molecule has 1 aromatic rings. The van der Waals surface area contributed by atoms with Crippen LogP contribution in [-0.4, -0.2) is 4.98 Å². The third-order valence-corrected chi connectivity index (χ3v) is 0.982. The average molecular weight is 135 g/mol. The Bertz CT molecular complexity index is 266. The molecule has 2 N–H and O–H groups in total. The first kappa shape index (κ1) is 6.52. The molecule has 0 aliphatic heterocycles. The molecule has 50 valence electrons. The summed E-state index contributed by atoms with van der Waals surface area (Å²) in [6.45, 7) is 0. The van der Waals surface area contributed by atoms with Crippen molar-refractivity contribution in [3.8, 4) is 11.8 Å². The van der Waals surface area contributed by atoms with Crippen LogP contribution in [0.1, 0.15) is 5.69 Å². The van der Waals surface area contributed by atoms with E-state index in [4.69, 9.17) is 11.2 Å². The molecule has 0 atom stereocenters. The van der Waals surface area contributed by atoms with E-state index in [1.807, 2.05) is 6.07 Å². The molecule has 0 radical (unpaired) electrons. The molecule has 0 unspecified atom stereocenters. The normalized spacial score (nSPS) is 8.40. The summed E-state index contributed by atoms with van der Waals surface area (Å²) in [5, 5.41) is 8.35. The quantitative estimate of drug-likeness (QED) is 0.558. The first-order valence-electron chi connectivity index (χ1n) is 2.59. The highest BCUT2D eigenvalue weighted by Crippen LogP contribution is 2.07. The maximum Gasteiger partial charge on any atom is 0.151 e. The van der Waals surface area contributed by atoms with Gasteiger partial charge in [0.15, 0.2) is 5.75 Å². The predicted octanol–water partition coefficient (Wildman–Crippen LogP) is 0.206. The topological polar surface area (TPSA) is 71.9 Å². The van der Waals surface area contributed by atoms with Gasteiger partial charge in [0.25, 0.3) is 0 Å². The van der Waals surface area contributed by atoms with Crippen LogP contribution in [0.5, 0.6) is 5.75 Å². The number of nitriles is 1. The van der Waals surface area contributed by atoms with Crippen molar-refractivity contribution in [3.05, 3.63) is 24.0 Å². The number of aromatic nitrogens is 1. The molecule has 0 saturated carbocycles. The predicted molar refractivity (Wildman–Crippen MR) is 33.8 cm³/mol. The van der Waals surface area contributed by atoms with Gasteiger partial charge in [0.05, 0.1) is 0 Å². The van der Waals surface area contributed by atoms with Gasteiger partial charge in [-0.1, -0.05) is 0 Å². The first-order valence-corrected chi connectivity index (χ1v) is 2.59. The zero-order chi connectivity index (χ0) is 7.40. The Labute approximate surface area is 57.8 Å². The van der Waals surface area contributed by atoms with Crippen LogP contribution in [0.3, 0.4) is 0 Å². The van der Waals surface area contributed by atoms with Crippen LogP contribution in [0.15, 0.2) is 18.3 Å². The number of hydrogen-bond donors (Lipinski definition) is 1. The Morgan fingerprint density at radius 2 is 2.50 bits per heavy atom. The summed E-state index contributed by atoms with van der Waals surface area (Å²) in [4.78, 5) is 8.07. The number of nitrogens with zero attached hydrogens (tertiary/aromatic N) is 2. The minimum absolute atomic E-state index is 0.294. The third-order valence-electron chi connectivity index (χ3n) is 0.982. The smallest absolute Gasteiger partial charge is 0.151 e. The van der Waals surface area contributed by atoms with Crippen LogP contribution in [0.25, 0.3) is 0 Å². The second-order valence-electron chi connectivity index (χ2n) is 1.61. The molecule has 0 aliphatic rings. The molecule has 0 bridgehead atoms. The van der Waals surface area contributed by atoms with Crippen molar-refractivity contribution >= 4 is 0 Å². The van der Waals surface area contributed by atoms with E-state index in [1.54, 1.807) is 6.07 Å². The Hall–Kier alpha value is -1.60. The minimum Gasteiger partial charge on any atom is -0.411 e. The van der Waals surface area contributed by atoms with Gasteiger partial charge in [0.1, 0.15) is 11.8 Å². The molecule has 0 spiro atoms. The molecule has 4 heteroatoms. The lowest BCUT2D eigenvalue weighted by molar-refractivity contribution is 0.334. The standard InChI is InChI=1S/C6H5N3O/c7-4-5-3-6(10-8)1-2-9-5/h1-3H,8H2. The zero-order valence-corrected chi connectivity index (χ0v) is 5.11. The molecule has 0 aliphatic carbocycles. The molecule has 1 heterocycles. The summed E-state index contributed by atoms with van der Waals surface area (Å²) in [6, 6.07) is 4.88. The summed E-state index contributed by atoms with van der Waals surface area (Å²) in [6.07, 6.45) is 1.46. The SMILES string of the molecule is N#Cc1cc(ON)ccn1. The summed E-state index contributed by atoms with van der Waals surface area (Å²) >= 11 is 0. The van der Waals surface area contributed by atoms with Gasteiger partial charge in [0, 0.05) is 18.3 Å². The van der Waals surface area contributed by atoms with Gasteiger partial charge in [-0.25, -0.2) is 4.98 Å². The third kappa shape index (κ3) is 1.21. The van der Waals surface area contributed by atoms with Crippen molar-refractivity contribution in [2.24, 2.45) is 5.90 Å². The average Bonchev–Trinajstić information content (AvgIpc) is 2.05. The maximum absolute atomic E-state index is 8.35. The Balaban J connectivity index is 3.01. The summed E-state index contributed by atoms with van der Waals surface area (Å²) in [5.41, 5.74) is 0.294. The lowest BCUT2D eigenvalue weighted by Crippen LogP contribution is -2.01. The van der Waals surface area contributed by atoms with Gasteiger partial charge in [-0.15, -0.1) is 0 Å². The van der Waals surface area contributed by atoms with E-state index < -0.39 is 0 Å². The molecule has 1 aromatic heterocycles. The van der Waals surface area contributed by atoms with E-state index in [0.717, 1.165) is 0 Å². The fourth-order valence-electron chi connectivity index (χ4n) is 0.546. The molecular weight excluding hydrogens is 130 g/mol. The minimum atomic E-state index is 0.294. The van der Waals surface area contributed by atoms with Crippen molar-refractivity contribution in [3.63, 3.8) is 0 Å². The molecule has 0 aromatic carbocycles. The number of nitrogens with two attached hydrogens (primary N) is 1. The highest BCUT2D eigenvalue weighted by Gasteiger charge is 1.93. The van der Waals surface area contributed by atoms with E-state index in [9.17, 15) is 0 Å². The van der Waals surface area contributed by atoms with Crippen LogP contribution in [-0.2, 0) is 0 Å². The summed E-state index contributed by atoms with van der Waals surface area (Å²) in [7, 11) is 0. The monoisotopic (exact) mass is 135 g/mol. The molecular formula is C6H5N3O. The molecule has 0 fully saturated rings. The molecule has 0 amide bonds. The van der Waals surface area contributed by atoms with Crippen LogP contribution in [0.2, 0.25) is 0 Å². The zero-order valence-electron chi connectivity index (χ0n) is 5.11. The highest BCUT2D eigenvalue weighted by atomic mass is 16.6. The highest BCUT2D eigenvalue weighted by molar-refractivity contribution is 5.29. The maximum atomic E-state index is 8.35. The second-order valence-corrected chi connectivity index (χ2v) is 1.61. The van der Waals surface area contributed by atoms with Gasteiger partial charge in [-0.2, -0.15) is 11.2 Å². The first-order chi connectivity index (χ1) is 4.86. The Morgan fingerprint density at radius 3 is 3.10 bits per heavy atom. The fourth-order valence-corrected chi connectivity index (χ4v) is 0.546. The van der Waals surface area contributed by atoms with Gasteiger partial charge in [-0.05, 0) is 0 Å². The van der Waals surface area contributed by atoms with Gasteiger partial charge in [-0.3, -0.25) is 0 Å². The summed E-state index contributed by atoms with van der Waals surface area (Å²) < 4.78 is 0. The Kier molecular flexibility index (Phi) is 1.83. The van der Waals surface area contributed by atoms with Crippen LogP contribution < -0.4 is 10.7 Å². The van der Waals surface area contributed by atoms with Gasteiger partial charge < -0.3 is 4.84 Å². The second kappa shape index (κ2) is 2.80. The van der Waals surface area contributed by atoms with Crippen LogP contribution >= 0.6 is 0 Å². The largest absolute Gasteiger partial charge is 0.411 e. The number of rotatable bonds is 1. The lowest BCUT2D eigenvalue weighted by atomic mass is 10.3. The molecule has 1 rings (SSSR count). The van der Waals surface area contributed by atoms with Gasteiger partial charge >= 0.3 is 0 Å².